The maximum Gasteiger partial charge on any atom is 0.119 e. The van der Waals surface area contributed by atoms with Gasteiger partial charge in [0.15, 0.2) is 0 Å². The maximum absolute atomic E-state index is 9.36. The second-order valence-electron chi connectivity index (χ2n) is 4.21. The zero-order valence-electron chi connectivity index (χ0n) is 8.62. The molecule has 0 aromatic heterocycles. The third-order valence-corrected chi connectivity index (χ3v) is 4.54. The lowest BCUT2D eigenvalue weighted by Gasteiger charge is -2.38. The predicted molar refractivity (Wildman–Crippen MR) is 59.3 cm³/mol. The fourth-order valence-electron chi connectivity index (χ4n) is 2.34. The van der Waals surface area contributed by atoms with E-state index in [1.54, 1.807) is 0 Å². The fraction of sp³-hybridized carbons (Fsp3) is 0.900. The molecule has 0 spiro atoms. The molecule has 0 saturated carbocycles. The van der Waals surface area contributed by atoms with Crippen LogP contribution in [0.3, 0.4) is 0 Å². The summed E-state index contributed by atoms with van der Waals surface area (Å²) in [5.41, 5.74) is -0.161. The average molecular weight is 211 g/mol. The van der Waals surface area contributed by atoms with E-state index in [0.717, 1.165) is 38.4 Å². The minimum Gasteiger partial charge on any atom is -0.314 e. The summed E-state index contributed by atoms with van der Waals surface area (Å²) in [4.78, 5) is 2.38. The first kappa shape index (κ1) is 10.3. The van der Waals surface area contributed by atoms with Crippen LogP contribution in [0, 0.1) is 11.3 Å². The molecule has 2 unspecified atom stereocenters. The molecule has 1 N–H and O–H groups in total. The van der Waals surface area contributed by atoms with E-state index in [4.69, 9.17) is 0 Å². The average Bonchev–Trinajstić information content (AvgIpc) is 2.63. The summed E-state index contributed by atoms with van der Waals surface area (Å²) in [5, 5.41) is 13.3. The number of rotatable bonds is 1. The summed E-state index contributed by atoms with van der Waals surface area (Å²) in [5.74, 6) is 0.991. The summed E-state index contributed by atoms with van der Waals surface area (Å²) in [6.07, 6.45) is 1.04. The lowest BCUT2D eigenvalue weighted by Crippen LogP contribution is -2.56. The zero-order valence-corrected chi connectivity index (χ0v) is 9.44. The second-order valence-corrected chi connectivity index (χ2v) is 5.63. The molecule has 2 rings (SSSR count). The van der Waals surface area contributed by atoms with E-state index < -0.39 is 0 Å². The van der Waals surface area contributed by atoms with Crippen molar-refractivity contribution in [2.45, 2.75) is 24.1 Å². The topological polar surface area (TPSA) is 39.1 Å². The van der Waals surface area contributed by atoms with E-state index in [0.29, 0.717) is 5.25 Å². The van der Waals surface area contributed by atoms with Gasteiger partial charge in [0.05, 0.1) is 6.07 Å². The van der Waals surface area contributed by atoms with Gasteiger partial charge < -0.3 is 5.32 Å². The largest absolute Gasteiger partial charge is 0.314 e. The Labute approximate surface area is 89.8 Å². The molecule has 2 heterocycles. The van der Waals surface area contributed by atoms with Gasteiger partial charge in [0.2, 0.25) is 0 Å². The van der Waals surface area contributed by atoms with Crippen molar-refractivity contribution in [3.63, 3.8) is 0 Å². The Kier molecular flexibility index (Phi) is 3.01. The lowest BCUT2D eigenvalue weighted by atomic mass is 9.95. The lowest BCUT2D eigenvalue weighted by molar-refractivity contribution is 0.135. The molecule has 0 aromatic carbocycles. The van der Waals surface area contributed by atoms with Crippen LogP contribution in [0.1, 0.15) is 13.3 Å². The zero-order chi connectivity index (χ0) is 10.0. The number of hydrogen-bond donors (Lipinski definition) is 1. The molecule has 2 aliphatic rings. The molecule has 2 aliphatic heterocycles. The highest BCUT2D eigenvalue weighted by Gasteiger charge is 2.43. The molecule has 0 aromatic rings. The van der Waals surface area contributed by atoms with Crippen LogP contribution in [-0.4, -0.2) is 47.6 Å². The maximum atomic E-state index is 9.36. The molecular weight excluding hydrogens is 194 g/mol. The van der Waals surface area contributed by atoms with Crippen LogP contribution in [0.4, 0.5) is 0 Å². The third kappa shape index (κ3) is 1.77. The third-order valence-electron chi connectivity index (χ3n) is 3.16. The van der Waals surface area contributed by atoms with Crippen molar-refractivity contribution in [2.24, 2.45) is 0 Å². The Bertz CT molecular complexity index is 244. The molecule has 4 heteroatoms. The molecule has 0 bridgehead atoms. The minimum absolute atomic E-state index is 0.161. The fourth-order valence-corrected chi connectivity index (χ4v) is 3.65. The highest BCUT2D eigenvalue weighted by molar-refractivity contribution is 8.00. The van der Waals surface area contributed by atoms with Crippen LogP contribution in [0.15, 0.2) is 0 Å². The van der Waals surface area contributed by atoms with E-state index in [2.05, 4.69) is 23.2 Å². The monoisotopic (exact) mass is 211 g/mol. The standard InChI is InChI=1S/C10H17N3S/c1-9-6-10(7-11,8-14-9)13-4-2-12-3-5-13/h9,12H,2-6,8H2,1H3. The van der Waals surface area contributed by atoms with Crippen molar-refractivity contribution in [1.82, 2.24) is 10.2 Å². The van der Waals surface area contributed by atoms with Crippen molar-refractivity contribution < 1.29 is 0 Å². The van der Waals surface area contributed by atoms with Gasteiger partial charge in [0.25, 0.3) is 0 Å². The molecule has 14 heavy (non-hydrogen) atoms. The second kappa shape index (κ2) is 4.09. The van der Waals surface area contributed by atoms with E-state index in [1.165, 1.54) is 0 Å². The smallest absolute Gasteiger partial charge is 0.119 e. The van der Waals surface area contributed by atoms with Crippen LogP contribution in [0.2, 0.25) is 0 Å². The van der Waals surface area contributed by atoms with Crippen LogP contribution >= 0.6 is 11.8 Å². The van der Waals surface area contributed by atoms with E-state index in [1.807, 2.05) is 11.8 Å². The Hall–Kier alpha value is -0.240. The highest BCUT2D eigenvalue weighted by Crippen LogP contribution is 2.38. The van der Waals surface area contributed by atoms with Crippen molar-refractivity contribution in [3.05, 3.63) is 0 Å². The van der Waals surface area contributed by atoms with E-state index in [-0.39, 0.29) is 5.54 Å². The number of nitriles is 1. The Morgan fingerprint density at radius 2 is 2.21 bits per heavy atom. The first-order chi connectivity index (χ1) is 6.77. The molecule has 2 fully saturated rings. The quantitative estimate of drug-likeness (QED) is 0.692. The van der Waals surface area contributed by atoms with Crippen LogP contribution < -0.4 is 5.32 Å². The minimum atomic E-state index is -0.161. The summed E-state index contributed by atoms with van der Waals surface area (Å²) in [7, 11) is 0. The van der Waals surface area contributed by atoms with Crippen LogP contribution in [-0.2, 0) is 0 Å². The molecule has 2 saturated heterocycles. The SMILES string of the molecule is CC1CC(C#N)(N2CCNCC2)CS1. The van der Waals surface area contributed by atoms with Gasteiger partial charge in [-0.2, -0.15) is 17.0 Å². The van der Waals surface area contributed by atoms with Crippen LogP contribution in [0.5, 0.6) is 0 Å². The first-order valence-corrected chi connectivity index (χ1v) is 6.30. The normalized spacial score (nSPS) is 39.6. The predicted octanol–water partition coefficient (Wildman–Crippen LogP) is 0.679. The summed E-state index contributed by atoms with van der Waals surface area (Å²) in [6.45, 7) is 6.35. The number of hydrogen-bond acceptors (Lipinski definition) is 4. The molecule has 0 radical (unpaired) electrons. The highest BCUT2D eigenvalue weighted by atomic mass is 32.2. The Morgan fingerprint density at radius 3 is 2.71 bits per heavy atom. The number of piperazine rings is 1. The van der Waals surface area contributed by atoms with E-state index >= 15 is 0 Å². The van der Waals surface area contributed by atoms with Gasteiger partial charge in [-0.1, -0.05) is 6.92 Å². The van der Waals surface area contributed by atoms with Gasteiger partial charge >= 0.3 is 0 Å². The van der Waals surface area contributed by atoms with Gasteiger partial charge in [-0.15, -0.1) is 0 Å². The first-order valence-electron chi connectivity index (χ1n) is 5.25. The summed E-state index contributed by atoms with van der Waals surface area (Å²) < 4.78 is 0. The van der Waals surface area contributed by atoms with Gasteiger partial charge in [-0.25, -0.2) is 0 Å². The van der Waals surface area contributed by atoms with Gasteiger partial charge in [0.1, 0.15) is 5.54 Å². The van der Waals surface area contributed by atoms with Crippen molar-refractivity contribution in [2.75, 3.05) is 31.9 Å². The molecular formula is C10H17N3S. The van der Waals surface area contributed by atoms with Gasteiger partial charge in [-0.3, -0.25) is 4.90 Å². The molecule has 2 atom stereocenters. The van der Waals surface area contributed by atoms with Crippen molar-refractivity contribution in [3.8, 4) is 6.07 Å². The molecule has 3 nitrogen and oxygen atoms in total. The molecule has 78 valence electrons. The molecule has 0 aliphatic carbocycles. The Balaban J connectivity index is 2.08. The van der Waals surface area contributed by atoms with Crippen LogP contribution in [0.25, 0.3) is 0 Å². The summed E-state index contributed by atoms with van der Waals surface area (Å²) >= 11 is 1.94. The Morgan fingerprint density at radius 1 is 1.50 bits per heavy atom. The van der Waals surface area contributed by atoms with Crippen molar-refractivity contribution in [1.29, 1.82) is 5.26 Å². The number of nitrogens with zero attached hydrogens (tertiary/aromatic N) is 2. The summed E-state index contributed by atoms with van der Waals surface area (Å²) in [6, 6.07) is 2.55. The number of nitrogens with one attached hydrogen (secondary N) is 1. The van der Waals surface area contributed by atoms with Crippen molar-refractivity contribution >= 4 is 11.8 Å². The van der Waals surface area contributed by atoms with Gasteiger partial charge in [0, 0.05) is 37.2 Å². The van der Waals surface area contributed by atoms with Gasteiger partial charge in [-0.05, 0) is 6.42 Å². The molecule has 0 amide bonds. The number of thioether (sulfide) groups is 1. The van der Waals surface area contributed by atoms with E-state index in [9.17, 15) is 5.26 Å².